The van der Waals surface area contributed by atoms with Crippen molar-refractivity contribution in [2.75, 3.05) is 12.8 Å². The van der Waals surface area contributed by atoms with Gasteiger partial charge in [0, 0.05) is 18.7 Å². The van der Waals surface area contributed by atoms with E-state index in [1.54, 1.807) is 4.90 Å². The van der Waals surface area contributed by atoms with Gasteiger partial charge in [-0.25, -0.2) is 4.98 Å². The molecular weight excluding hydrogens is 270 g/mol. The molecule has 1 heterocycles. The number of aromatic nitrogens is 1. The number of amides is 1. The summed E-state index contributed by atoms with van der Waals surface area (Å²) in [7, 11) is 1.85. The average Bonchev–Trinajstić information content (AvgIpc) is 2.73. The summed E-state index contributed by atoms with van der Waals surface area (Å²) in [6.45, 7) is 8.47. The van der Waals surface area contributed by atoms with Crippen LogP contribution in [-0.2, 0) is 0 Å². The van der Waals surface area contributed by atoms with Gasteiger partial charge in [-0.15, -0.1) is 0 Å². The van der Waals surface area contributed by atoms with Crippen molar-refractivity contribution in [3.05, 3.63) is 23.8 Å². The first-order valence-corrected chi connectivity index (χ1v) is 7.45. The molecule has 20 heavy (non-hydrogen) atoms. The van der Waals surface area contributed by atoms with Gasteiger partial charge >= 0.3 is 0 Å². The van der Waals surface area contributed by atoms with E-state index >= 15 is 0 Å². The normalized spacial score (nSPS) is 13.4. The monoisotopic (exact) mass is 291 g/mol. The Morgan fingerprint density at radius 3 is 2.65 bits per heavy atom. The van der Waals surface area contributed by atoms with Crippen LogP contribution in [0.25, 0.3) is 10.2 Å². The van der Waals surface area contributed by atoms with Crippen molar-refractivity contribution in [3.8, 4) is 0 Å². The van der Waals surface area contributed by atoms with Crippen LogP contribution in [0.2, 0.25) is 0 Å². The van der Waals surface area contributed by atoms with E-state index in [-0.39, 0.29) is 17.4 Å². The molecule has 1 atom stereocenters. The Kier molecular flexibility index (Phi) is 3.73. The highest BCUT2D eigenvalue weighted by Crippen LogP contribution is 2.27. The molecule has 0 aliphatic heterocycles. The molecule has 2 aromatic rings. The number of nitrogens with two attached hydrogens (primary N) is 1. The molecule has 0 bridgehead atoms. The Labute approximate surface area is 123 Å². The van der Waals surface area contributed by atoms with Crippen LogP contribution in [-0.4, -0.2) is 28.9 Å². The van der Waals surface area contributed by atoms with E-state index in [4.69, 9.17) is 5.73 Å². The molecule has 4 nitrogen and oxygen atoms in total. The fourth-order valence-electron chi connectivity index (χ4n) is 2.04. The smallest absolute Gasteiger partial charge is 0.253 e. The predicted molar refractivity (Wildman–Crippen MR) is 85.0 cm³/mol. The van der Waals surface area contributed by atoms with E-state index < -0.39 is 0 Å². The number of benzene rings is 1. The first-order valence-electron chi connectivity index (χ1n) is 6.63. The summed E-state index contributed by atoms with van der Waals surface area (Å²) < 4.78 is 0.949. The molecule has 0 spiro atoms. The summed E-state index contributed by atoms with van der Waals surface area (Å²) >= 11 is 1.41. The number of fused-ring (bicyclic) bond motifs is 1. The van der Waals surface area contributed by atoms with E-state index in [0.29, 0.717) is 10.7 Å². The summed E-state index contributed by atoms with van der Waals surface area (Å²) in [5.74, 6) is 0.0290. The molecule has 2 N–H and O–H groups in total. The van der Waals surface area contributed by atoms with Crippen LogP contribution >= 0.6 is 11.3 Å². The third-order valence-electron chi connectivity index (χ3n) is 3.81. The number of nitrogens with zero attached hydrogens (tertiary/aromatic N) is 2. The Bertz CT molecular complexity index is 642. The van der Waals surface area contributed by atoms with Crippen LogP contribution in [0, 0.1) is 5.41 Å². The fraction of sp³-hybridized carbons (Fsp3) is 0.467. The molecule has 0 aliphatic rings. The molecule has 5 heteroatoms. The lowest BCUT2D eigenvalue weighted by molar-refractivity contribution is 0.0629. The minimum atomic E-state index is 0.0290. The molecule has 1 unspecified atom stereocenters. The summed E-state index contributed by atoms with van der Waals surface area (Å²) in [5, 5.41) is 0.529. The number of hydrogen-bond acceptors (Lipinski definition) is 4. The van der Waals surface area contributed by atoms with E-state index in [1.165, 1.54) is 11.3 Å². The number of thiazole rings is 1. The molecular formula is C15H21N3OS. The number of anilines is 1. The quantitative estimate of drug-likeness (QED) is 0.922. The van der Waals surface area contributed by atoms with Gasteiger partial charge in [0.15, 0.2) is 5.13 Å². The highest BCUT2D eigenvalue weighted by molar-refractivity contribution is 7.22. The molecule has 1 amide bonds. The third-order valence-corrected chi connectivity index (χ3v) is 4.65. The van der Waals surface area contributed by atoms with Crippen LogP contribution in [0.15, 0.2) is 18.2 Å². The maximum Gasteiger partial charge on any atom is 0.253 e. The zero-order valence-corrected chi connectivity index (χ0v) is 13.4. The second-order valence-corrected chi connectivity index (χ2v) is 7.25. The first kappa shape index (κ1) is 14.8. The first-order chi connectivity index (χ1) is 9.20. The van der Waals surface area contributed by atoms with Crippen molar-refractivity contribution in [1.82, 2.24) is 9.88 Å². The molecule has 2 rings (SSSR count). The van der Waals surface area contributed by atoms with E-state index in [0.717, 1.165) is 10.2 Å². The lowest BCUT2D eigenvalue weighted by Crippen LogP contribution is -2.42. The summed E-state index contributed by atoms with van der Waals surface area (Å²) in [4.78, 5) is 18.6. The summed E-state index contributed by atoms with van der Waals surface area (Å²) in [6, 6.07) is 5.69. The van der Waals surface area contributed by atoms with Crippen LogP contribution in [0.4, 0.5) is 5.13 Å². The third kappa shape index (κ3) is 2.77. The molecule has 0 radical (unpaired) electrons. The lowest BCUT2D eigenvalue weighted by atomic mass is 9.87. The van der Waals surface area contributed by atoms with Crippen molar-refractivity contribution in [1.29, 1.82) is 0 Å². The molecule has 0 saturated carbocycles. The molecule has 0 saturated heterocycles. The highest BCUT2D eigenvalue weighted by Gasteiger charge is 2.27. The highest BCUT2D eigenvalue weighted by atomic mass is 32.1. The number of rotatable bonds is 2. The minimum Gasteiger partial charge on any atom is -0.375 e. The number of carbonyl (C=O) groups excluding carboxylic acids is 1. The molecule has 108 valence electrons. The Hall–Kier alpha value is -1.62. The van der Waals surface area contributed by atoms with Crippen LogP contribution in [0.3, 0.4) is 0 Å². The van der Waals surface area contributed by atoms with Gasteiger partial charge in [-0.2, -0.15) is 0 Å². The Morgan fingerprint density at radius 1 is 1.40 bits per heavy atom. The summed E-state index contributed by atoms with van der Waals surface area (Å²) in [6.07, 6.45) is 0. The van der Waals surface area contributed by atoms with Crippen LogP contribution < -0.4 is 5.73 Å². The topological polar surface area (TPSA) is 59.2 Å². The lowest BCUT2D eigenvalue weighted by Gasteiger charge is -2.35. The SMILES string of the molecule is CC(N(C)C(=O)c1ccc2nc(N)sc2c1)C(C)(C)C. The van der Waals surface area contributed by atoms with E-state index in [1.807, 2.05) is 25.2 Å². The number of nitrogen functional groups attached to an aromatic ring is 1. The van der Waals surface area contributed by atoms with Gasteiger partial charge < -0.3 is 10.6 Å². The molecule has 0 aliphatic carbocycles. The second-order valence-electron chi connectivity index (χ2n) is 6.19. The zero-order valence-electron chi connectivity index (χ0n) is 12.6. The van der Waals surface area contributed by atoms with Crippen molar-refractivity contribution in [2.45, 2.75) is 33.7 Å². The molecule has 1 aromatic carbocycles. The zero-order chi connectivity index (χ0) is 15.1. The second kappa shape index (κ2) is 5.05. The van der Waals surface area contributed by atoms with Gasteiger partial charge in [-0.05, 0) is 30.5 Å². The van der Waals surface area contributed by atoms with Crippen LogP contribution in [0.1, 0.15) is 38.1 Å². The molecule has 0 fully saturated rings. The van der Waals surface area contributed by atoms with E-state index in [9.17, 15) is 4.79 Å². The largest absolute Gasteiger partial charge is 0.375 e. The predicted octanol–water partition coefficient (Wildman–Crippen LogP) is 3.39. The standard InChI is InChI=1S/C15H21N3OS/c1-9(15(2,3)4)18(5)13(19)10-6-7-11-12(8-10)20-14(16)17-11/h6-9H,1-5H3,(H2,16,17). The Morgan fingerprint density at radius 2 is 2.05 bits per heavy atom. The Balaban J connectivity index is 2.31. The van der Waals surface area contributed by atoms with E-state index in [2.05, 4.69) is 32.7 Å². The maximum absolute atomic E-state index is 12.6. The van der Waals surface area contributed by atoms with Gasteiger partial charge in [0.25, 0.3) is 5.91 Å². The van der Waals surface area contributed by atoms with Crippen molar-refractivity contribution >= 4 is 32.6 Å². The fourth-order valence-corrected chi connectivity index (χ4v) is 2.81. The summed E-state index contributed by atoms with van der Waals surface area (Å²) in [5.41, 5.74) is 7.26. The molecule has 1 aromatic heterocycles. The van der Waals surface area contributed by atoms with Crippen LogP contribution in [0.5, 0.6) is 0 Å². The van der Waals surface area contributed by atoms with Gasteiger partial charge in [0.2, 0.25) is 0 Å². The average molecular weight is 291 g/mol. The van der Waals surface area contributed by atoms with Crippen molar-refractivity contribution < 1.29 is 4.79 Å². The van der Waals surface area contributed by atoms with Gasteiger partial charge in [0.1, 0.15) is 0 Å². The van der Waals surface area contributed by atoms with Crippen molar-refractivity contribution in [3.63, 3.8) is 0 Å². The maximum atomic E-state index is 12.6. The van der Waals surface area contributed by atoms with Gasteiger partial charge in [-0.3, -0.25) is 4.79 Å². The minimum absolute atomic E-state index is 0.0290. The number of carbonyl (C=O) groups is 1. The van der Waals surface area contributed by atoms with Crippen molar-refractivity contribution in [2.24, 2.45) is 5.41 Å². The van der Waals surface area contributed by atoms with Gasteiger partial charge in [0.05, 0.1) is 10.2 Å². The number of hydrogen-bond donors (Lipinski definition) is 1. The van der Waals surface area contributed by atoms with Gasteiger partial charge in [-0.1, -0.05) is 32.1 Å².